The van der Waals surface area contributed by atoms with Crippen LogP contribution in [-0.4, -0.2) is 5.91 Å². The van der Waals surface area contributed by atoms with Gasteiger partial charge >= 0.3 is 0 Å². The molecule has 0 saturated heterocycles. The third-order valence-electron chi connectivity index (χ3n) is 3.06. The molecule has 2 nitrogen and oxygen atoms in total. The van der Waals surface area contributed by atoms with Gasteiger partial charge in [-0.2, -0.15) is 0 Å². The van der Waals surface area contributed by atoms with E-state index in [-0.39, 0.29) is 5.91 Å². The molecule has 0 aliphatic rings. The van der Waals surface area contributed by atoms with Gasteiger partial charge in [0.1, 0.15) is 0 Å². The van der Waals surface area contributed by atoms with Crippen LogP contribution >= 0.6 is 23.2 Å². The minimum absolute atomic E-state index is 0.0967. The first-order valence-electron chi connectivity index (χ1n) is 6.28. The summed E-state index contributed by atoms with van der Waals surface area (Å²) in [4.78, 5) is 12.1. The Morgan fingerprint density at radius 1 is 1.10 bits per heavy atom. The number of hydrogen-bond donors (Lipinski definition) is 1. The maximum Gasteiger partial charge on any atom is 0.251 e. The van der Waals surface area contributed by atoms with Crippen molar-refractivity contribution in [3.8, 4) is 0 Å². The monoisotopic (exact) mass is 307 g/mol. The first-order valence-corrected chi connectivity index (χ1v) is 7.19. The molecule has 0 spiro atoms. The summed E-state index contributed by atoms with van der Waals surface area (Å²) in [7, 11) is 0. The number of carbonyl (C=O) groups is 1. The molecule has 1 amide bonds. The van der Waals surface area contributed by atoms with Gasteiger partial charge in [0, 0.05) is 23.0 Å². The predicted molar refractivity (Wildman–Crippen MR) is 83.4 cm³/mol. The molecule has 0 aliphatic heterocycles. The lowest BCUT2D eigenvalue weighted by atomic mass is 10.1. The van der Waals surface area contributed by atoms with E-state index in [0.29, 0.717) is 23.0 Å². The lowest BCUT2D eigenvalue weighted by Crippen LogP contribution is -2.23. The van der Waals surface area contributed by atoms with Gasteiger partial charge in [-0.25, -0.2) is 0 Å². The molecule has 0 fully saturated rings. The molecule has 0 bridgehead atoms. The third-order valence-corrected chi connectivity index (χ3v) is 3.61. The molecular formula is C16H15Cl2NO. The normalized spacial score (nSPS) is 10.3. The lowest BCUT2D eigenvalue weighted by molar-refractivity contribution is 0.0950. The average Bonchev–Trinajstić information content (AvgIpc) is 2.45. The molecule has 4 heteroatoms. The van der Waals surface area contributed by atoms with E-state index >= 15 is 0 Å². The minimum atomic E-state index is -0.0967. The number of nitrogens with one attached hydrogen (secondary N) is 1. The van der Waals surface area contributed by atoms with Crippen LogP contribution in [0.3, 0.4) is 0 Å². The summed E-state index contributed by atoms with van der Waals surface area (Å²) in [6, 6.07) is 13.1. The zero-order valence-corrected chi connectivity index (χ0v) is 12.6. The molecule has 104 valence electrons. The summed E-state index contributed by atoms with van der Waals surface area (Å²) in [6.45, 7) is 2.36. The van der Waals surface area contributed by atoms with Crippen LogP contribution in [0.4, 0.5) is 0 Å². The molecule has 0 aromatic heterocycles. The fourth-order valence-corrected chi connectivity index (χ4v) is 2.31. The molecule has 0 atom stereocenters. The van der Waals surface area contributed by atoms with Crippen LogP contribution in [0.15, 0.2) is 42.5 Å². The molecule has 0 heterocycles. The highest BCUT2D eigenvalue weighted by Crippen LogP contribution is 2.15. The fourth-order valence-electron chi connectivity index (χ4n) is 1.91. The molecule has 0 unspecified atom stereocenters. The SMILES string of the molecule is Cc1cc(Cl)ccc1C(=O)NCc1ccc(CCl)cc1. The van der Waals surface area contributed by atoms with Crippen LogP contribution in [0.2, 0.25) is 5.02 Å². The summed E-state index contributed by atoms with van der Waals surface area (Å²) in [6.07, 6.45) is 0. The Kier molecular flexibility index (Phi) is 5.05. The number of carbonyl (C=O) groups excluding carboxylic acids is 1. The molecule has 2 aromatic rings. The Labute approximate surface area is 128 Å². The van der Waals surface area contributed by atoms with Gasteiger partial charge in [0.15, 0.2) is 0 Å². The first kappa shape index (κ1) is 14.9. The molecule has 20 heavy (non-hydrogen) atoms. The maximum absolute atomic E-state index is 12.1. The predicted octanol–water partition coefficient (Wildman–Crippen LogP) is 4.32. The van der Waals surface area contributed by atoms with Crippen LogP contribution in [0.1, 0.15) is 27.0 Å². The number of amides is 1. The van der Waals surface area contributed by atoms with Crippen molar-refractivity contribution >= 4 is 29.1 Å². The number of hydrogen-bond acceptors (Lipinski definition) is 1. The Morgan fingerprint density at radius 3 is 2.35 bits per heavy atom. The minimum Gasteiger partial charge on any atom is -0.348 e. The number of alkyl halides is 1. The Balaban J connectivity index is 2.00. The Bertz CT molecular complexity index is 608. The van der Waals surface area contributed by atoms with Crippen molar-refractivity contribution in [2.75, 3.05) is 0 Å². The standard InChI is InChI=1S/C16H15Cl2NO/c1-11-8-14(18)6-7-15(11)16(20)19-10-13-4-2-12(9-17)3-5-13/h2-8H,9-10H2,1H3,(H,19,20). The summed E-state index contributed by atoms with van der Waals surface area (Å²) in [5.74, 6) is 0.400. The van der Waals surface area contributed by atoms with E-state index in [4.69, 9.17) is 23.2 Å². The fraction of sp³-hybridized carbons (Fsp3) is 0.188. The zero-order chi connectivity index (χ0) is 14.5. The molecule has 0 saturated carbocycles. The zero-order valence-electron chi connectivity index (χ0n) is 11.1. The van der Waals surface area contributed by atoms with Crippen molar-refractivity contribution in [1.82, 2.24) is 5.32 Å². The Hall–Kier alpha value is -1.51. The third kappa shape index (κ3) is 3.75. The second kappa shape index (κ2) is 6.78. The van der Waals surface area contributed by atoms with Gasteiger partial charge in [0.2, 0.25) is 0 Å². The van der Waals surface area contributed by atoms with Crippen LogP contribution in [-0.2, 0) is 12.4 Å². The van der Waals surface area contributed by atoms with Gasteiger partial charge in [-0.3, -0.25) is 4.79 Å². The van der Waals surface area contributed by atoms with Gasteiger partial charge in [0.25, 0.3) is 5.91 Å². The van der Waals surface area contributed by atoms with E-state index < -0.39 is 0 Å². The summed E-state index contributed by atoms with van der Waals surface area (Å²) in [5.41, 5.74) is 3.62. The number of halogens is 2. The van der Waals surface area contributed by atoms with E-state index in [1.54, 1.807) is 18.2 Å². The van der Waals surface area contributed by atoms with Gasteiger partial charge in [-0.1, -0.05) is 35.9 Å². The summed E-state index contributed by atoms with van der Waals surface area (Å²) >= 11 is 11.6. The topological polar surface area (TPSA) is 29.1 Å². The number of benzene rings is 2. The van der Waals surface area contributed by atoms with Gasteiger partial charge in [-0.15, -0.1) is 11.6 Å². The molecule has 0 aliphatic carbocycles. The van der Waals surface area contributed by atoms with E-state index in [1.807, 2.05) is 31.2 Å². The molecule has 2 aromatic carbocycles. The molecule has 1 N–H and O–H groups in total. The molecule has 0 radical (unpaired) electrons. The van der Waals surface area contributed by atoms with Crippen molar-refractivity contribution in [3.05, 3.63) is 69.7 Å². The number of aryl methyl sites for hydroxylation is 1. The van der Waals surface area contributed by atoms with E-state index in [2.05, 4.69) is 5.32 Å². The van der Waals surface area contributed by atoms with Crippen molar-refractivity contribution in [2.24, 2.45) is 0 Å². The van der Waals surface area contributed by atoms with Gasteiger partial charge in [-0.05, 0) is 41.8 Å². The second-order valence-electron chi connectivity index (χ2n) is 4.59. The highest BCUT2D eigenvalue weighted by molar-refractivity contribution is 6.30. The van der Waals surface area contributed by atoms with Crippen LogP contribution < -0.4 is 5.32 Å². The van der Waals surface area contributed by atoms with Crippen molar-refractivity contribution in [3.63, 3.8) is 0 Å². The van der Waals surface area contributed by atoms with Crippen LogP contribution in [0.5, 0.6) is 0 Å². The lowest BCUT2D eigenvalue weighted by Gasteiger charge is -2.08. The maximum atomic E-state index is 12.1. The van der Waals surface area contributed by atoms with Crippen molar-refractivity contribution in [1.29, 1.82) is 0 Å². The van der Waals surface area contributed by atoms with Gasteiger partial charge < -0.3 is 5.32 Å². The van der Waals surface area contributed by atoms with Crippen LogP contribution in [0, 0.1) is 6.92 Å². The average molecular weight is 308 g/mol. The molecule has 2 rings (SSSR count). The van der Waals surface area contributed by atoms with E-state index in [0.717, 1.165) is 16.7 Å². The van der Waals surface area contributed by atoms with E-state index in [9.17, 15) is 4.79 Å². The highest BCUT2D eigenvalue weighted by Gasteiger charge is 2.08. The first-order chi connectivity index (χ1) is 9.60. The Morgan fingerprint density at radius 2 is 1.75 bits per heavy atom. The van der Waals surface area contributed by atoms with Crippen LogP contribution in [0.25, 0.3) is 0 Å². The molecular weight excluding hydrogens is 293 g/mol. The smallest absolute Gasteiger partial charge is 0.251 e. The quantitative estimate of drug-likeness (QED) is 0.838. The summed E-state index contributed by atoms with van der Waals surface area (Å²) < 4.78 is 0. The van der Waals surface area contributed by atoms with E-state index in [1.165, 1.54) is 0 Å². The van der Waals surface area contributed by atoms with Crippen molar-refractivity contribution < 1.29 is 4.79 Å². The van der Waals surface area contributed by atoms with Gasteiger partial charge in [0.05, 0.1) is 0 Å². The second-order valence-corrected chi connectivity index (χ2v) is 5.30. The summed E-state index contributed by atoms with van der Waals surface area (Å²) in [5, 5.41) is 3.53. The largest absolute Gasteiger partial charge is 0.348 e. The van der Waals surface area contributed by atoms with Crippen molar-refractivity contribution in [2.45, 2.75) is 19.3 Å². The highest BCUT2D eigenvalue weighted by atomic mass is 35.5. The number of rotatable bonds is 4.